The van der Waals surface area contributed by atoms with E-state index < -0.39 is 18.5 Å². The second-order valence-electron chi connectivity index (χ2n) is 4.76. The van der Waals surface area contributed by atoms with E-state index in [4.69, 9.17) is 10.5 Å². The third-order valence-corrected chi connectivity index (χ3v) is 3.05. The van der Waals surface area contributed by atoms with Gasteiger partial charge in [0.15, 0.2) is 11.5 Å². The molecule has 9 heteroatoms. The van der Waals surface area contributed by atoms with Gasteiger partial charge in [-0.25, -0.2) is 4.79 Å². The van der Waals surface area contributed by atoms with Gasteiger partial charge in [-0.1, -0.05) is 0 Å². The summed E-state index contributed by atoms with van der Waals surface area (Å²) in [5.74, 6) is -0.637. The number of methoxy groups -OCH3 is 1. The summed E-state index contributed by atoms with van der Waals surface area (Å²) in [6, 6.07) is 9.38. The molecule has 132 valence electrons. The first-order valence-corrected chi connectivity index (χ1v) is 6.99. The Balaban J connectivity index is 2.11. The fraction of sp³-hybridized carbons (Fsp3) is 0.125. The average molecular weight is 351 g/mol. The third kappa shape index (κ3) is 5.06. The maximum Gasteiger partial charge on any atom is 0.387 e. The van der Waals surface area contributed by atoms with Crippen molar-refractivity contribution in [1.82, 2.24) is 0 Å². The SMILES string of the molecule is COc1cc(C(=O)Nc2ccc(NC(N)=O)cc2)ccc1OC(F)F. The molecular formula is C16H15F2N3O4. The normalized spacial score (nSPS) is 10.2. The molecule has 4 N–H and O–H groups in total. The summed E-state index contributed by atoms with van der Waals surface area (Å²) in [5.41, 5.74) is 6.13. The first-order chi connectivity index (χ1) is 11.9. The highest BCUT2D eigenvalue weighted by molar-refractivity contribution is 6.04. The fourth-order valence-electron chi connectivity index (χ4n) is 1.98. The van der Waals surface area contributed by atoms with Gasteiger partial charge in [0.1, 0.15) is 0 Å². The molecule has 3 amide bonds. The van der Waals surface area contributed by atoms with Gasteiger partial charge < -0.3 is 25.8 Å². The Morgan fingerprint density at radius 2 is 1.60 bits per heavy atom. The van der Waals surface area contributed by atoms with Crippen molar-refractivity contribution in [2.24, 2.45) is 5.73 Å². The van der Waals surface area contributed by atoms with E-state index in [0.29, 0.717) is 11.4 Å². The monoisotopic (exact) mass is 351 g/mol. The van der Waals surface area contributed by atoms with Crippen molar-refractivity contribution in [1.29, 1.82) is 0 Å². The summed E-state index contributed by atoms with van der Waals surface area (Å²) in [5, 5.41) is 5.01. The summed E-state index contributed by atoms with van der Waals surface area (Å²) in [7, 11) is 1.28. The Morgan fingerprint density at radius 1 is 1.00 bits per heavy atom. The number of alkyl halides is 2. The van der Waals surface area contributed by atoms with E-state index in [1.165, 1.54) is 25.3 Å². The number of rotatable bonds is 6. The van der Waals surface area contributed by atoms with Crippen LogP contribution in [-0.4, -0.2) is 25.7 Å². The molecular weight excluding hydrogens is 336 g/mol. The minimum absolute atomic E-state index is 0.00829. The van der Waals surface area contributed by atoms with Gasteiger partial charge in [0.2, 0.25) is 0 Å². The van der Waals surface area contributed by atoms with Gasteiger partial charge in [0.05, 0.1) is 7.11 Å². The molecule has 2 aromatic rings. The number of carbonyl (C=O) groups excluding carboxylic acids is 2. The number of hydrogen-bond donors (Lipinski definition) is 3. The predicted octanol–water partition coefficient (Wildman–Crippen LogP) is 3.04. The quantitative estimate of drug-likeness (QED) is 0.744. The zero-order valence-electron chi connectivity index (χ0n) is 13.1. The maximum atomic E-state index is 12.3. The summed E-state index contributed by atoms with van der Waals surface area (Å²) < 4.78 is 33.9. The van der Waals surface area contributed by atoms with Crippen molar-refractivity contribution in [3.8, 4) is 11.5 Å². The predicted molar refractivity (Wildman–Crippen MR) is 87.2 cm³/mol. The van der Waals surface area contributed by atoms with E-state index in [2.05, 4.69) is 15.4 Å². The largest absolute Gasteiger partial charge is 0.493 e. The number of benzene rings is 2. The first kappa shape index (κ1) is 18.0. The summed E-state index contributed by atoms with van der Waals surface area (Å²) in [6.45, 7) is -3.00. The number of ether oxygens (including phenoxy) is 2. The van der Waals surface area contributed by atoms with Crippen LogP contribution in [0.5, 0.6) is 11.5 Å². The lowest BCUT2D eigenvalue weighted by molar-refractivity contribution is -0.0512. The molecule has 0 atom stereocenters. The second kappa shape index (κ2) is 7.95. The molecule has 0 saturated heterocycles. The standard InChI is InChI=1S/C16H15F2N3O4/c1-24-13-8-9(2-7-12(13)25-15(17)18)14(22)20-10-3-5-11(6-4-10)21-16(19)23/h2-8,15H,1H3,(H,20,22)(H3,19,21,23). The number of carbonyl (C=O) groups is 2. The number of anilines is 2. The fourth-order valence-corrected chi connectivity index (χ4v) is 1.98. The van der Waals surface area contributed by atoms with Crippen molar-refractivity contribution in [3.63, 3.8) is 0 Å². The Kier molecular flexibility index (Phi) is 5.72. The average Bonchev–Trinajstić information content (AvgIpc) is 2.56. The van der Waals surface area contributed by atoms with Crippen molar-refractivity contribution in [2.75, 3.05) is 17.7 Å². The first-order valence-electron chi connectivity index (χ1n) is 6.99. The molecule has 2 rings (SSSR count). The zero-order valence-corrected chi connectivity index (χ0v) is 13.1. The summed E-state index contributed by atoms with van der Waals surface area (Å²) >= 11 is 0. The molecule has 0 aliphatic heterocycles. The van der Waals surface area contributed by atoms with Gasteiger partial charge >= 0.3 is 12.6 Å². The molecule has 0 aliphatic carbocycles. The van der Waals surface area contributed by atoms with E-state index in [1.807, 2.05) is 0 Å². The van der Waals surface area contributed by atoms with Gasteiger partial charge in [-0.05, 0) is 42.5 Å². The van der Waals surface area contributed by atoms with Crippen LogP contribution < -0.4 is 25.8 Å². The molecule has 0 radical (unpaired) electrons. The molecule has 0 fully saturated rings. The number of halogens is 2. The molecule has 0 aromatic heterocycles. The number of urea groups is 1. The minimum Gasteiger partial charge on any atom is -0.493 e. The molecule has 7 nitrogen and oxygen atoms in total. The van der Waals surface area contributed by atoms with Crippen LogP contribution in [0.4, 0.5) is 25.0 Å². The molecule has 0 bridgehead atoms. The number of primary amides is 1. The lowest BCUT2D eigenvalue weighted by Crippen LogP contribution is -2.19. The number of nitrogens with one attached hydrogen (secondary N) is 2. The topological polar surface area (TPSA) is 103 Å². The molecule has 0 aliphatic rings. The van der Waals surface area contributed by atoms with E-state index in [-0.39, 0.29) is 17.1 Å². The maximum absolute atomic E-state index is 12.3. The highest BCUT2D eigenvalue weighted by Crippen LogP contribution is 2.29. The third-order valence-electron chi connectivity index (χ3n) is 3.05. The van der Waals surface area contributed by atoms with Gasteiger partial charge in [0.25, 0.3) is 5.91 Å². The van der Waals surface area contributed by atoms with Crippen LogP contribution in [-0.2, 0) is 0 Å². The van der Waals surface area contributed by atoms with Crippen LogP contribution in [0.3, 0.4) is 0 Å². The van der Waals surface area contributed by atoms with Crippen LogP contribution in [0.2, 0.25) is 0 Å². The zero-order chi connectivity index (χ0) is 18.4. The van der Waals surface area contributed by atoms with E-state index in [0.717, 1.165) is 0 Å². The Hall–Kier alpha value is -3.36. The molecule has 0 heterocycles. The Labute approximate surface area is 141 Å². The molecule has 25 heavy (non-hydrogen) atoms. The minimum atomic E-state index is -3.00. The van der Waals surface area contributed by atoms with E-state index in [1.54, 1.807) is 24.3 Å². The molecule has 0 saturated carbocycles. The molecule has 2 aromatic carbocycles. The van der Waals surface area contributed by atoms with Crippen molar-refractivity contribution >= 4 is 23.3 Å². The van der Waals surface area contributed by atoms with Gasteiger partial charge in [-0.2, -0.15) is 8.78 Å². The lowest BCUT2D eigenvalue weighted by atomic mass is 10.1. The highest BCUT2D eigenvalue weighted by atomic mass is 19.3. The smallest absolute Gasteiger partial charge is 0.387 e. The number of hydrogen-bond acceptors (Lipinski definition) is 4. The Morgan fingerprint density at radius 3 is 2.12 bits per heavy atom. The molecule has 0 unspecified atom stereocenters. The van der Waals surface area contributed by atoms with Crippen LogP contribution in [0.15, 0.2) is 42.5 Å². The molecule has 0 spiro atoms. The highest BCUT2D eigenvalue weighted by Gasteiger charge is 2.14. The summed E-state index contributed by atoms with van der Waals surface area (Å²) in [4.78, 5) is 23.0. The van der Waals surface area contributed by atoms with Crippen molar-refractivity contribution in [3.05, 3.63) is 48.0 Å². The van der Waals surface area contributed by atoms with Crippen molar-refractivity contribution in [2.45, 2.75) is 6.61 Å². The number of nitrogens with two attached hydrogens (primary N) is 1. The van der Waals surface area contributed by atoms with Crippen LogP contribution in [0.1, 0.15) is 10.4 Å². The summed E-state index contributed by atoms with van der Waals surface area (Å²) in [6.07, 6.45) is 0. The van der Waals surface area contributed by atoms with E-state index in [9.17, 15) is 18.4 Å². The lowest BCUT2D eigenvalue weighted by Gasteiger charge is -2.12. The van der Waals surface area contributed by atoms with Gasteiger partial charge in [-0.3, -0.25) is 4.79 Å². The van der Waals surface area contributed by atoms with Crippen LogP contribution in [0.25, 0.3) is 0 Å². The number of amides is 3. The van der Waals surface area contributed by atoms with Crippen LogP contribution in [0, 0.1) is 0 Å². The van der Waals surface area contributed by atoms with Crippen molar-refractivity contribution < 1.29 is 27.8 Å². The van der Waals surface area contributed by atoms with Crippen LogP contribution >= 0.6 is 0 Å². The second-order valence-corrected chi connectivity index (χ2v) is 4.76. The Bertz CT molecular complexity index is 766. The van der Waals surface area contributed by atoms with E-state index >= 15 is 0 Å². The van der Waals surface area contributed by atoms with Gasteiger partial charge in [-0.15, -0.1) is 0 Å². The van der Waals surface area contributed by atoms with Gasteiger partial charge in [0, 0.05) is 16.9 Å².